The van der Waals surface area contributed by atoms with Gasteiger partial charge >= 0.3 is 0 Å². The Morgan fingerprint density at radius 3 is 2.16 bits per heavy atom. The fraction of sp³-hybridized carbons (Fsp3) is 0.467. The van der Waals surface area contributed by atoms with Crippen molar-refractivity contribution in [2.75, 3.05) is 20.8 Å². The largest absolute Gasteiger partial charge is 0.493 e. The first-order valence-corrected chi connectivity index (χ1v) is 9.89. The van der Waals surface area contributed by atoms with Crippen molar-refractivity contribution in [2.24, 2.45) is 5.73 Å². The first kappa shape index (κ1) is 15.6. The van der Waals surface area contributed by atoms with E-state index in [9.17, 15) is 0 Å². The number of rotatable bonds is 4. The molecule has 3 nitrogen and oxygen atoms in total. The van der Waals surface area contributed by atoms with E-state index in [1.54, 1.807) is 14.2 Å². The van der Waals surface area contributed by atoms with E-state index in [0.717, 1.165) is 23.3 Å². The Morgan fingerprint density at radius 2 is 1.68 bits per heavy atom. The molecule has 0 saturated heterocycles. The van der Waals surface area contributed by atoms with Crippen LogP contribution in [0.2, 0.25) is 19.6 Å². The summed E-state index contributed by atoms with van der Waals surface area (Å²) >= 11 is 0. The molecule has 0 spiro atoms. The van der Waals surface area contributed by atoms with Gasteiger partial charge in [-0.05, 0) is 30.7 Å². The van der Waals surface area contributed by atoms with Gasteiger partial charge < -0.3 is 15.2 Å². The summed E-state index contributed by atoms with van der Waals surface area (Å²) in [4.78, 5) is 0. The minimum absolute atomic E-state index is 0.594. The van der Waals surface area contributed by atoms with Crippen LogP contribution in [-0.2, 0) is 6.42 Å². The Morgan fingerprint density at radius 1 is 1.11 bits per heavy atom. The van der Waals surface area contributed by atoms with Gasteiger partial charge in [0.2, 0.25) is 0 Å². The summed E-state index contributed by atoms with van der Waals surface area (Å²) in [5, 5.41) is 0. The van der Waals surface area contributed by atoms with Crippen molar-refractivity contribution < 1.29 is 9.47 Å². The third-order valence-corrected chi connectivity index (χ3v) is 3.47. The number of methoxy groups -OCH3 is 2. The van der Waals surface area contributed by atoms with Crippen LogP contribution >= 0.6 is 0 Å². The van der Waals surface area contributed by atoms with Gasteiger partial charge in [-0.3, -0.25) is 0 Å². The van der Waals surface area contributed by atoms with E-state index in [1.165, 1.54) is 0 Å². The molecule has 1 rings (SSSR count). The van der Waals surface area contributed by atoms with Gasteiger partial charge in [-0.15, -0.1) is 5.54 Å². The summed E-state index contributed by atoms with van der Waals surface area (Å²) in [6.07, 6.45) is 0.788. The quantitative estimate of drug-likeness (QED) is 0.679. The average Bonchev–Trinajstić information content (AvgIpc) is 2.36. The van der Waals surface area contributed by atoms with Crippen LogP contribution in [0.1, 0.15) is 11.1 Å². The molecule has 0 aliphatic heterocycles. The summed E-state index contributed by atoms with van der Waals surface area (Å²) in [7, 11) is 1.87. The van der Waals surface area contributed by atoms with Crippen LogP contribution in [0.4, 0.5) is 0 Å². The number of nitrogens with two attached hydrogens (primary N) is 1. The molecule has 0 aliphatic carbocycles. The lowest BCUT2D eigenvalue weighted by Crippen LogP contribution is -2.16. The smallest absolute Gasteiger partial charge is 0.161 e. The van der Waals surface area contributed by atoms with Gasteiger partial charge in [-0.1, -0.05) is 25.6 Å². The second kappa shape index (κ2) is 6.64. The Labute approximate surface area is 117 Å². The normalized spacial score (nSPS) is 10.6. The molecule has 19 heavy (non-hydrogen) atoms. The number of ether oxygens (including phenoxy) is 2. The van der Waals surface area contributed by atoms with E-state index in [0.29, 0.717) is 12.3 Å². The molecule has 0 aromatic heterocycles. The predicted octanol–water partition coefficient (Wildman–Crippen LogP) is 2.43. The number of hydrogen-bond donors (Lipinski definition) is 1. The first-order valence-electron chi connectivity index (χ1n) is 6.39. The van der Waals surface area contributed by atoms with Gasteiger partial charge in [-0.2, -0.15) is 0 Å². The van der Waals surface area contributed by atoms with Crippen LogP contribution in [0.25, 0.3) is 0 Å². The maximum absolute atomic E-state index is 5.66. The lowest BCUT2D eigenvalue weighted by Gasteiger charge is -2.12. The molecule has 0 bridgehead atoms. The molecule has 0 heterocycles. The molecule has 4 heteroatoms. The zero-order valence-corrected chi connectivity index (χ0v) is 13.5. The standard InChI is InChI=1S/C15H23NO2Si/c1-17-14-10-12(6-8-16)13(11-15(14)18-2)7-9-19(3,4)5/h10-11H,6,8,16H2,1-5H3. The minimum atomic E-state index is -1.40. The molecule has 0 atom stereocenters. The zero-order valence-electron chi connectivity index (χ0n) is 12.5. The Bertz CT molecular complexity index is 495. The van der Waals surface area contributed by atoms with Crippen LogP contribution in [0, 0.1) is 11.5 Å². The molecule has 104 valence electrons. The van der Waals surface area contributed by atoms with Crippen LogP contribution in [-0.4, -0.2) is 28.8 Å². The van der Waals surface area contributed by atoms with E-state index < -0.39 is 8.07 Å². The monoisotopic (exact) mass is 277 g/mol. The van der Waals surface area contributed by atoms with Gasteiger partial charge in [0.15, 0.2) is 11.5 Å². The summed E-state index contributed by atoms with van der Waals surface area (Å²) in [6, 6.07) is 3.91. The third kappa shape index (κ3) is 4.62. The van der Waals surface area contributed by atoms with Crippen LogP contribution in [0.3, 0.4) is 0 Å². The average molecular weight is 277 g/mol. The summed E-state index contributed by atoms with van der Waals surface area (Å²) < 4.78 is 10.6. The zero-order chi connectivity index (χ0) is 14.5. The Hall–Kier alpha value is -1.44. The lowest BCUT2D eigenvalue weighted by molar-refractivity contribution is 0.354. The molecule has 0 saturated carbocycles. The Kier molecular flexibility index (Phi) is 5.46. The van der Waals surface area contributed by atoms with Gasteiger partial charge in [0.1, 0.15) is 8.07 Å². The van der Waals surface area contributed by atoms with Crippen LogP contribution < -0.4 is 15.2 Å². The molecular weight excluding hydrogens is 254 g/mol. The number of benzene rings is 1. The highest BCUT2D eigenvalue weighted by molar-refractivity contribution is 6.83. The molecule has 1 aromatic rings. The maximum Gasteiger partial charge on any atom is 0.161 e. The van der Waals surface area contributed by atoms with Crippen molar-refractivity contribution in [3.63, 3.8) is 0 Å². The second-order valence-electron chi connectivity index (χ2n) is 5.40. The fourth-order valence-corrected chi connectivity index (χ4v) is 2.16. The molecule has 0 aliphatic rings. The van der Waals surface area contributed by atoms with E-state index in [2.05, 4.69) is 31.1 Å². The van der Waals surface area contributed by atoms with Crippen molar-refractivity contribution in [3.05, 3.63) is 23.3 Å². The summed E-state index contributed by atoms with van der Waals surface area (Å²) in [5.41, 5.74) is 11.1. The van der Waals surface area contributed by atoms with E-state index >= 15 is 0 Å². The lowest BCUT2D eigenvalue weighted by atomic mass is 10.0. The second-order valence-corrected chi connectivity index (χ2v) is 10.2. The van der Waals surface area contributed by atoms with Crippen molar-refractivity contribution in [1.82, 2.24) is 0 Å². The third-order valence-electron chi connectivity index (χ3n) is 2.60. The fourth-order valence-electron chi connectivity index (χ4n) is 1.65. The molecule has 1 aromatic carbocycles. The predicted molar refractivity (Wildman–Crippen MR) is 82.5 cm³/mol. The first-order chi connectivity index (χ1) is 8.91. The topological polar surface area (TPSA) is 44.5 Å². The molecule has 0 radical (unpaired) electrons. The van der Waals surface area contributed by atoms with Crippen molar-refractivity contribution in [2.45, 2.75) is 26.1 Å². The molecular formula is C15H23NO2Si. The highest BCUT2D eigenvalue weighted by Crippen LogP contribution is 2.30. The molecule has 0 fully saturated rings. The van der Waals surface area contributed by atoms with E-state index in [-0.39, 0.29) is 0 Å². The van der Waals surface area contributed by atoms with Gasteiger partial charge in [0, 0.05) is 5.56 Å². The van der Waals surface area contributed by atoms with Crippen LogP contribution in [0.5, 0.6) is 11.5 Å². The molecule has 0 unspecified atom stereocenters. The SMILES string of the molecule is COc1cc(C#C[Si](C)(C)C)c(CCN)cc1OC. The van der Waals surface area contributed by atoms with Gasteiger partial charge in [-0.25, -0.2) is 0 Å². The summed E-state index contributed by atoms with van der Waals surface area (Å²) in [6.45, 7) is 7.27. The van der Waals surface area contributed by atoms with E-state index in [4.69, 9.17) is 15.2 Å². The van der Waals surface area contributed by atoms with Crippen LogP contribution in [0.15, 0.2) is 12.1 Å². The minimum Gasteiger partial charge on any atom is -0.493 e. The maximum atomic E-state index is 5.66. The highest BCUT2D eigenvalue weighted by atomic mass is 28.3. The Balaban J connectivity index is 3.29. The van der Waals surface area contributed by atoms with Gasteiger partial charge in [0.25, 0.3) is 0 Å². The molecule has 0 amide bonds. The highest BCUT2D eigenvalue weighted by Gasteiger charge is 2.11. The van der Waals surface area contributed by atoms with Crippen molar-refractivity contribution in [3.8, 4) is 23.0 Å². The number of hydrogen-bond acceptors (Lipinski definition) is 3. The van der Waals surface area contributed by atoms with Crippen molar-refractivity contribution >= 4 is 8.07 Å². The molecule has 2 N–H and O–H groups in total. The van der Waals surface area contributed by atoms with Gasteiger partial charge in [0.05, 0.1) is 14.2 Å². The van der Waals surface area contributed by atoms with E-state index in [1.807, 2.05) is 12.1 Å². The van der Waals surface area contributed by atoms with Crippen molar-refractivity contribution in [1.29, 1.82) is 0 Å². The summed E-state index contributed by atoms with van der Waals surface area (Å²) in [5.74, 6) is 4.72.